The summed E-state index contributed by atoms with van der Waals surface area (Å²) in [5.41, 5.74) is 0.854. The van der Waals surface area contributed by atoms with Crippen LogP contribution in [0, 0.1) is 33.7 Å². The Labute approximate surface area is 195 Å². The summed E-state index contributed by atoms with van der Waals surface area (Å²) in [5.74, 6) is 1.68. The second-order valence-corrected chi connectivity index (χ2v) is 8.50. The smallest absolute Gasteiger partial charge is 0.311 e. The highest BCUT2D eigenvalue weighted by atomic mass is 35.5. The molecular formula is C23H25ClFN5O3. The second-order valence-electron chi connectivity index (χ2n) is 8.09. The third-order valence-electron chi connectivity index (χ3n) is 6.08. The third kappa shape index (κ3) is 4.69. The number of piperidine rings is 1. The molecule has 5 rings (SSSR count). The average molecular weight is 474 g/mol. The maximum absolute atomic E-state index is 13.4. The van der Waals surface area contributed by atoms with Crippen LogP contribution in [0.4, 0.5) is 21.6 Å². The standard InChI is InChI=1S/C21H19ClFN5O3.C2H6/c1-27-7-13-14(8-27)15(13)9-31-20-6-18-12(5-19(20)28(29)30)21(25-10-24-18)26-11-2-3-17(23)16(22)4-11;1-2/h2-6,10,13-15H,7-9H2,1H3,(H,24,25,26);1-2H3. The highest BCUT2D eigenvalue weighted by Crippen LogP contribution is 2.51. The quantitative estimate of drug-likeness (QED) is 0.384. The van der Waals surface area contributed by atoms with Crippen molar-refractivity contribution in [2.24, 2.45) is 17.8 Å². The Morgan fingerprint density at radius 1 is 1.24 bits per heavy atom. The van der Waals surface area contributed by atoms with Crippen molar-refractivity contribution in [3.8, 4) is 5.75 Å². The van der Waals surface area contributed by atoms with Crippen LogP contribution in [-0.2, 0) is 0 Å². The Hall–Kier alpha value is -3.04. The number of halogens is 2. The van der Waals surface area contributed by atoms with Crippen LogP contribution >= 0.6 is 11.6 Å². The van der Waals surface area contributed by atoms with Crippen LogP contribution in [-0.4, -0.2) is 46.5 Å². The number of nitro groups is 1. The molecule has 1 N–H and O–H groups in total. The van der Waals surface area contributed by atoms with Gasteiger partial charge in [0.2, 0.25) is 0 Å². The van der Waals surface area contributed by atoms with Crippen molar-refractivity contribution >= 4 is 39.7 Å². The highest BCUT2D eigenvalue weighted by Gasteiger charge is 2.55. The predicted octanol–water partition coefficient (Wildman–Crippen LogP) is 5.29. The molecule has 8 nitrogen and oxygen atoms in total. The first-order valence-electron chi connectivity index (χ1n) is 10.9. The van der Waals surface area contributed by atoms with Gasteiger partial charge >= 0.3 is 5.69 Å². The fourth-order valence-electron chi connectivity index (χ4n) is 4.43. The van der Waals surface area contributed by atoms with E-state index in [1.165, 1.54) is 30.6 Å². The summed E-state index contributed by atoms with van der Waals surface area (Å²) in [6, 6.07) is 7.13. The van der Waals surface area contributed by atoms with Gasteiger partial charge in [0.05, 0.1) is 27.5 Å². The molecule has 2 aromatic carbocycles. The van der Waals surface area contributed by atoms with Gasteiger partial charge in [0.15, 0.2) is 5.75 Å². The predicted molar refractivity (Wildman–Crippen MR) is 126 cm³/mol. The summed E-state index contributed by atoms with van der Waals surface area (Å²) in [5, 5.41) is 15.1. The molecule has 0 radical (unpaired) electrons. The molecule has 1 aliphatic heterocycles. The molecular weight excluding hydrogens is 449 g/mol. The Morgan fingerprint density at radius 2 is 1.97 bits per heavy atom. The molecule has 0 spiro atoms. The van der Waals surface area contributed by atoms with Crippen molar-refractivity contribution < 1.29 is 14.1 Å². The van der Waals surface area contributed by atoms with Gasteiger partial charge in [-0.3, -0.25) is 10.1 Å². The summed E-state index contributed by atoms with van der Waals surface area (Å²) >= 11 is 5.84. The van der Waals surface area contributed by atoms with Gasteiger partial charge in [-0.05, 0) is 37.1 Å². The third-order valence-corrected chi connectivity index (χ3v) is 6.37. The molecule has 1 aromatic heterocycles. The van der Waals surface area contributed by atoms with Gasteiger partial charge in [-0.15, -0.1) is 0 Å². The van der Waals surface area contributed by atoms with E-state index in [9.17, 15) is 14.5 Å². The lowest BCUT2D eigenvalue weighted by Gasteiger charge is -2.14. The summed E-state index contributed by atoms with van der Waals surface area (Å²) < 4.78 is 19.3. The molecule has 1 saturated carbocycles. The molecule has 174 valence electrons. The second kappa shape index (κ2) is 9.44. The van der Waals surface area contributed by atoms with Gasteiger partial charge in [-0.1, -0.05) is 25.4 Å². The maximum Gasteiger partial charge on any atom is 0.311 e. The molecule has 2 heterocycles. The van der Waals surface area contributed by atoms with Crippen molar-refractivity contribution in [3.05, 3.63) is 57.6 Å². The lowest BCUT2D eigenvalue weighted by molar-refractivity contribution is -0.385. The summed E-state index contributed by atoms with van der Waals surface area (Å²) in [4.78, 5) is 22.0. The van der Waals surface area contributed by atoms with Crippen LogP contribution < -0.4 is 10.1 Å². The zero-order valence-electron chi connectivity index (χ0n) is 18.6. The minimum absolute atomic E-state index is 0.0407. The number of benzene rings is 2. The van der Waals surface area contributed by atoms with Crippen LogP contribution in [0.1, 0.15) is 13.8 Å². The van der Waals surface area contributed by atoms with E-state index in [2.05, 4.69) is 27.2 Å². The fourth-order valence-corrected chi connectivity index (χ4v) is 4.61. The molecule has 2 fully saturated rings. The Bertz CT molecular complexity index is 1180. The van der Waals surface area contributed by atoms with Gasteiger partial charge in [-0.2, -0.15) is 0 Å². The van der Waals surface area contributed by atoms with E-state index in [1.54, 1.807) is 6.07 Å². The largest absolute Gasteiger partial charge is 0.486 e. The van der Waals surface area contributed by atoms with E-state index >= 15 is 0 Å². The number of anilines is 2. The number of ether oxygens (including phenoxy) is 1. The van der Waals surface area contributed by atoms with E-state index < -0.39 is 10.7 Å². The number of nitrogens with one attached hydrogen (secondary N) is 1. The first-order valence-corrected chi connectivity index (χ1v) is 11.2. The summed E-state index contributed by atoms with van der Waals surface area (Å²) in [6.07, 6.45) is 1.35. The summed E-state index contributed by atoms with van der Waals surface area (Å²) in [7, 11) is 2.10. The van der Waals surface area contributed by atoms with Gasteiger partial charge in [-0.25, -0.2) is 14.4 Å². The van der Waals surface area contributed by atoms with Crippen LogP contribution in [0.3, 0.4) is 0 Å². The molecule has 0 amide bonds. The molecule has 10 heteroatoms. The molecule has 1 saturated heterocycles. The highest BCUT2D eigenvalue weighted by molar-refractivity contribution is 6.31. The lowest BCUT2D eigenvalue weighted by Crippen LogP contribution is -2.21. The van der Waals surface area contributed by atoms with Crippen LogP contribution in [0.25, 0.3) is 10.9 Å². The van der Waals surface area contributed by atoms with E-state index in [0.717, 1.165) is 13.1 Å². The Morgan fingerprint density at radius 3 is 2.64 bits per heavy atom. The van der Waals surface area contributed by atoms with E-state index in [0.29, 0.717) is 46.8 Å². The molecule has 33 heavy (non-hydrogen) atoms. The topological polar surface area (TPSA) is 93.4 Å². The zero-order chi connectivity index (χ0) is 23.7. The average Bonchev–Trinajstić information content (AvgIpc) is 3.27. The van der Waals surface area contributed by atoms with Gasteiger partial charge in [0, 0.05) is 36.8 Å². The molecule has 3 aromatic rings. The van der Waals surface area contributed by atoms with E-state index in [-0.39, 0.29) is 16.5 Å². The minimum Gasteiger partial charge on any atom is -0.486 e. The first-order chi connectivity index (χ1) is 15.9. The molecule has 2 aliphatic rings. The Balaban J connectivity index is 0.00000126. The number of fused-ring (bicyclic) bond motifs is 2. The van der Waals surface area contributed by atoms with Crippen LogP contribution in [0.5, 0.6) is 5.75 Å². The van der Waals surface area contributed by atoms with Gasteiger partial charge < -0.3 is 15.0 Å². The molecule has 0 bridgehead atoms. The molecule has 1 aliphatic carbocycles. The number of aromatic nitrogens is 2. The number of hydrogen-bond acceptors (Lipinski definition) is 7. The number of rotatable bonds is 6. The first kappa shape index (κ1) is 23.1. The minimum atomic E-state index is -0.538. The zero-order valence-corrected chi connectivity index (χ0v) is 19.3. The SMILES string of the molecule is CC.CN1CC2C(COc3cc4ncnc(Nc5ccc(F)c(Cl)c5)c4cc3[N+](=O)[O-])C2C1. The number of likely N-dealkylation sites (tertiary alicyclic amines) is 1. The van der Waals surface area contributed by atoms with Crippen molar-refractivity contribution in [2.75, 3.05) is 32.1 Å². The lowest BCUT2D eigenvalue weighted by atomic mass is 10.2. The molecule has 2 atom stereocenters. The number of nitrogens with zero attached hydrogens (tertiary/aromatic N) is 4. The van der Waals surface area contributed by atoms with Crippen molar-refractivity contribution in [1.82, 2.24) is 14.9 Å². The summed E-state index contributed by atoms with van der Waals surface area (Å²) in [6.45, 7) is 6.56. The fraction of sp³-hybridized carbons (Fsp3) is 0.391. The van der Waals surface area contributed by atoms with Crippen molar-refractivity contribution in [1.29, 1.82) is 0 Å². The number of nitro benzene ring substituents is 1. The monoisotopic (exact) mass is 473 g/mol. The normalized spacial score (nSPS) is 21.2. The van der Waals surface area contributed by atoms with Crippen LogP contribution in [0.2, 0.25) is 5.02 Å². The van der Waals surface area contributed by atoms with Crippen LogP contribution in [0.15, 0.2) is 36.7 Å². The molecule has 2 unspecified atom stereocenters. The maximum atomic E-state index is 13.4. The van der Waals surface area contributed by atoms with Gasteiger partial charge in [0.1, 0.15) is 18.0 Å². The van der Waals surface area contributed by atoms with E-state index in [4.69, 9.17) is 16.3 Å². The van der Waals surface area contributed by atoms with E-state index in [1.807, 2.05) is 13.8 Å². The number of hydrogen-bond donors (Lipinski definition) is 1. The Kier molecular flexibility index (Phi) is 6.62. The van der Waals surface area contributed by atoms with Crippen molar-refractivity contribution in [2.45, 2.75) is 13.8 Å². The van der Waals surface area contributed by atoms with Crippen molar-refractivity contribution in [3.63, 3.8) is 0 Å². The van der Waals surface area contributed by atoms with Gasteiger partial charge in [0.25, 0.3) is 0 Å².